The standard InChI is InChI=1S/C19H22N2O7/c1-24-13-7-5-6-8-14(13)28-11-17(22)20-21-19(23)12-9-15(25-2)18(27-4)16(10-12)26-3/h5-10H,11H2,1-4H3,(H,20,22)(H,21,23). The highest BCUT2D eigenvalue weighted by Gasteiger charge is 2.17. The van der Waals surface area contributed by atoms with E-state index in [0.717, 1.165) is 0 Å². The van der Waals surface area contributed by atoms with Gasteiger partial charge in [0.05, 0.1) is 28.4 Å². The fourth-order valence-electron chi connectivity index (χ4n) is 2.33. The summed E-state index contributed by atoms with van der Waals surface area (Å²) in [5.74, 6) is 0.788. The quantitative estimate of drug-likeness (QED) is 0.659. The number of amides is 2. The van der Waals surface area contributed by atoms with E-state index in [1.165, 1.54) is 40.6 Å². The van der Waals surface area contributed by atoms with Crippen LogP contribution in [0.2, 0.25) is 0 Å². The summed E-state index contributed by atoms with van der Waals surface area (Å²) in [6.07, 6.45) is 0. The third-order valence-electron chi connectivity index (χ3n) is 3.67. The molecular weight excluding hydrogens is 368 g/mol. The number of ether oxygens (including phenoxy) is 5. The normalized spacial score (nSPS) is 9.86. The molecule has 0 spiro atoms. The van der Waals surface area contributed by atoms with Crippen LogP contribution in [0.15, 0.2) is 36.4 Å². The van der Waals surface area contributed by atoms with Crippen LogP contribution in [-0.4, -0.2) is 46.9 Å². The molecule has 9 nitrogen and oxygen atoms in total. The highest BCUT2D eigenvalue weighted by molar-refractivity contribution is 5.96. The van der Waals surface area contributed by atoms with E-state index in [4.69, 9.17) is 23.7 Å². The van der Waals surface area contributed by atoms with Gasteiger partial charge in [-0.15, -0.1) is 0 Å². The Morgan fingerprint density at radius 3 is 1.89 bits per heavy atom. The first-order valence-corrected chi connectivity index (χ1v) is 8.19. The first-order valence-electron chi connectivity index (χ1n) is 8.19. The third kappa shape index (κ3) is 4.97. The summed E-state index contributed by atoms with van der Waals surface area (Å²) in [4.78, 5) is 24.3. The number of benzene rings is 2. The van der Waals surface area contributed by atoms with Crippen LogP contribution in [0.4, 0.5) is 0 Å². The largest absolute Gasteiger partial charge is 0.493 e. The van der Waals surface area contributed by atoms with E-state index in [0.29, 0.717) is 28.7 Å². The molecule has 0 heterocycles. The van der Waals surface area contributed by atoms with Crippen LogP contribution in [-0.2, 0) is 4.79 Å². The maximum Gasteiger partial charge on any atom is 0.276 e. The number of carbonyl (C=O) groups is 2. The average Bonchev–Trinajstić information content (AvgIpc) is 2.74. The summed E-state index contributed by atoms with van der Waals surface area (Å²) in [7, 11) is 5.84. The molecule has 0 saturated carbocycles. The zero-order valence-corrected chi connectivity index (χ0v) is 16.0. The second-order valence-corrected chi connectivity index (χ2v) is 5.36. The Morgan fingerprint density at radius 2 is 1.36 bits per heavy atom. The van der Waals surface area contributed by atoms with Gasteiger partial charge in [0.1, 0.15) is 0 Å². The molecule has 28 heavy (non-hydrogen) atoms. The molecule has 0 bridgehead atoms. The van der Waals surface area contributed by atoms with Crippen LogP contribution >= 0.6 is 0 Å². The van der Waals surface area contributed by atoms with Gasteiger partial charge in [-0.2, -0.15) is 0 Å². The Kier molecular flexibility index (Phi) is 7.32. The maximum absolute atomic E-state index is 12.3. The summed E-state index contributed by atoms with van der Waals surface area (Å²) in [6, 6.07) is 9.84. The SMILES string of the molecule is COc1ccccc1OCC(=O)NNC(=O)c1cc(OC)c(OC)c(OC)c1. The van der Waals surface area contributed by atoms with Crippen molar-refractivity contribution in [2.24, 2.45) is 0 Å². The lowest BCUT2D eigenvalue weighted by Crippen LogP contribution is -2.43. The fourth-order valence-corrected chi connectivity index (χ4v) is 2.33. The van der Waals surface area contributed by atoms with Crippen molar-refractivity contribution in [3.8, 4) is 28.7 Å². The van der Waals surface area contributed by atoms with E-state index in [-0.39, 0.29) is 12.2 Å². The van der Waals surface area contributed by atoms with Crippen molar-refractivity contribution in [1.82, 2.24) is 10.9 Å². The van der Waals surface area contributed by atoms with Crippen molar-refractivity contribution in [3.05, 3.63) is 42.0 Å². The minimum absolute atomic E-state index is 0.209. The molecule has 0 aliphatic rings. The molecule has 2 aromatic carbocycles. The summed E-state index contributed by atoms with van der Waals surface area (Å²) < 4.78 is 26.1. The van der Waals surface area contributed by atoms with Gasteiger partial charge in [-0.3, -0.25) is 20.4 Å². The molecule has 2 aromatic rings. The number of methoxy groups -OCH3 is 4. The number of carbonyl (C=O) groups excluding carboxylic acids is 2. The van der Waals surface area contributed by atoms with Crippen molar-refractivity contribution in [1.29, 1.82) is 0 Å². The second-order valence-electron chi connectivity index (χ2n) is 5.36. The Morgan fingerprint density at radius 1 is 0.786 bits per heavy atom. The number of rotatable bonds is 8. The third-order valence-corrected chi connectivity index (χ3v) is 3.67. The lowest BCUT2D eigenvalue weighted by Gasteiger charge is -2.14. The molecule has 0 unspecified atom stereocenters. The maximum atomic E-state index is 12.3. The van der Waals surface area contributed by atoms with Crippen LogP contribution in [0.1, 0.15) is 10.4 Å². The van der Waals surface area contributed by atoms with Crippen molar-refractivity contribution in [2.45, 2.75) is 0 Å². The number of para-hydroxylation sites is 2. The minimum atomic E-state index is -0.565. The second kappa shape index (κ2) is 9.91. The monoisotopic (exact) mass is 390 g/mol. The zero-order chi connectivity index (χ0) is 20.5. The van der Waals surface area contributed by atoms with Crippen LogP contribution in [0.25, 0.3) is 0 Å². The van der Waals surface area contributed by atoms with Gasteiger partial charge in [0.15, 0.2) is 29.6 Å². The molecule has 0 aromatic heterocycles. The summed E-state index contributed by atoms with van der Waals surface area (Å²) in [5, 5.41) is 0. The van der Waals surface area contributed by atoms with Crippen LogP contribution < -0.4 is 34.5 Å². The minimum Gasteiger partial charge on any atom is -0.493 e. The number of hydrogen-bond acceptors (Lipinski definition) is 7. The highest BCUT2D eigenvalue weighted by atomic mass is 16.5. The molecular formula is C19H22N2O7. The van der Waals surface area contributed by atoms with E-state index >= 15 is 0 Å². The smallest absolute Gasteiger partial charge is 0.276 e. The molecule has 0 saturated heterocycles. The van der Waals surface area contributed by atoms with Gasteiger partial charge in [-0.25, -0.2) is 0 Å². The molecule has 0 fully saturated rings. The van der Waals surface area contributed by atoms with Crippen molar-refractivity contribution in [3.63, 3.8) is 0 Å². The molecule has 150 valence electrons. The predicted octanol–water partition coefficient (Wildman–Crippen LogP) is 1.56. The van der Waals surface area contributed by atoms with Gasteiger partial charge >= 0.3 is 0 Å². The van der Waals surface area contributed by atoms with Crippen molar-refractivity contribution in [2.75, 3.05) is 35.0 Å². The Balaban J connectivity index is 1.97. The molecule has 9 heteroatoms. The Labute approximate surface area is 162 Å². The molecule has 0 atom stereocenters. The van der Waals surface area contributed by atoms with Gasteiger partial charge in [-0.1, -0.05) is 12.1 Å². The zero-order valence-electron chi connectivity index (χ0n) is 16.0. The first kappa shape index (κ1) is 20.7. The van der Waals surface area contributed by atoms with E-state index in [1.54, 1.807) is 24.3 Å². The van der Waals surface area contributed by atoms with Crippen molar-refractivity contribution < 1.29 is 33.3 Å². The van der Waals surface area contributed by atoms with E-state index in [9.17, 15) is 9.59 Å². The van der Waals surface area contributed by atoms with Crippen LogP contribution in [0, 0.1) is 0 Å². The first-order chi connectivity index (χ1) is 13.5. The Bertz CT molecular complexity index is 814. The highest BCUT2D eigenvalue weighted by Crippen LogP contribution is 2.38. The van der Waals surface area contributed by atoms with Gasteiger partial charge in [0.25, 0.3) is 11.8 Å². The lowest BCUT2D eigenvalue weighted by molar-refractivity contribution is -0.123. The topological polar surface area (TPSA) is 104 Å². The lowest BCUT2D eigenvalue weighted by atomic mass is 10.1. The van der Waals surface area contributed by atoms with Gasteiger partial charge in [0, 0.05) is 5.56 Å². The molecule has 2 amide bonds. The molecule has 0 radical (unpaired) electrons. The van der Waals surface area contributed by atoms with E-state index in [2.05, 4.69) is 10.9 Å². The number of hydrogen-bond donors (Lipinski definition) is 2. The summed E-state index contributed by atoms with van der Waals surface area (Å²) in [5.41, 5.74) is 4.79. The number of nitrogens with one attached hydrogen (secondary N) is 2. The van der Waals surface area contributed by atoms with Crippen molar-refractivity contribution >= 4 is 11.8 Å². The van der Waals surface area contributed by atoms with Gasteiger partial charge in [0.2, 0.25) is 5.75 Å². The van der Waals surface area contributed by atoms with E-state index < -0.39 is 11.8 Å². The van der Waals surface area contributed by atoms with Crippen LogP contribution in [0.3, 0.4) is 0 Å². The molecule has 2 rings (SSSR count). The summed E-state index contributed by atoms with van der Waals surface area (Å²) >= 11 is 0. The van der Waals surface area contributed by atoms with Gasteiger partial charge < -0.3 is 23.7 Å². The Hall–Kier alpha value is -3.62. The van der Waals surface area contributed by atoms with Crippen LogP contribution in [0.5, 0.6) is 28.7 Å². The molecule has 2 N–H and O–H groups in total. The molecule has 0 aliphatic heterocycles. The predicted molar refractivity (Wildman–Crippen MR) is 100 cm³/mol. The molecule has 0 aliphatic carbocycles. The average molecular weight is 390 g/mol. The summed E-state index contributed by atoms with van der Waals surface area (Å²) in [6.45, 7) is -0.310. The number of hydrazine groups is 1. The van der Waals surface area contributed by atoms with Gasteiger partial charge in [-0.05, 0) is 24.3 Å². The van der Waals surface area contributed by atoms with E-state index in [1.807, 2.05) is 0 Å². The fraction of sp³-hybridized carbons (Fsp3) is 0.263.